The fraction of sp³-hybridized carbons (Fsp3) is 0.440. The van der Waals surface area contributed by atoms with Gasteiger partial charge < -0.3 is 46.4 Å². The molecule has 0 amide bonds. The summed E-state index contributed by atoms with van der Waals surface area (Å²) in [6, 6.07) is 5.74. The predicted octanol–water partition coefficient (Wildman–Crippen LogP) is 0.268. The van der Waals surface area contributed by atoms with E-state index in [9.17, 15) is 19.8 Å². The standard InChI is InChI=1S/C22H28N4O6.C3H7NO.2ClH/c27-11-9-23-5-7-25-13-1-2-14(26-8-6-24-10-12-28)18-17(13)21(31)19-15(29)3-4-16(30)20(19)22(18)32;1-2-5-3-4-1;;/h1-4,23-30H,5-12H2;4H,1-3H2;2*1H. The number of aliphatic hydroxyl groups excluding tert-OH is 2. The van der Waals surface area contributed by atoms with Crippen molar-refractivity contribution >= 4 is 47.8 Å². The van der Waals surface area contributed by atoms with E-state index >= 15 is 0 Å². The summed E-state index contributed by atoms with van der Waals surface area (Å²) in [6.45, 7) is 5.48. The molecule has 0 radical (unpaired) electrons. The third kappa shape index (κ3) is 8.92. The van der Waals surface area contributed by atoms with Crippen LogP contribution in [-0.4, -0.2) is 104 Å². The second-order valence-electron chi connectivity index (χ2n) is 8.28. The predicted molar refractivity (Wildman–Crippen MR) is 153 cm³/mol. The Balaban J connectivity index is 0.000000976. The molecule has 39 heavy (non-hydrogen) atoms. The van der Waals surface area contributed by atoms with E-state index in [4.69, 9.17) is 14.9 Å². The summed E-state index contributed by atoms with van der Waals surface area (Å²) in [4.78, 5) is 26.7. The number of ketones is 2. The van der Waals surface area contributed by atoms with Crippen LogP contribution in [0.3, 0.4) is 0 Å². The molecule has 1 fully saturated rings. The highest BCUT2D eigenvalue weighted by Crippen LogP contribution is 2.42. The molecule has 9 N–H and O–H groups in total. The fourth-order valence-electron chi connectivity index (χ4n) is 4.00. The molecule has 1 heterocycles. The summed E-state index contributed by atoms with van der Waals surface area (Å²) in [6.07, 6.45) is 0. The van der Waals surface area contributed by atoms with Crippen molar-refractivity contribution in [2.24, 2.45) is 0 Å². The average molecular weight is 591 g/mol. The number of anilines is 2. The van der Waals surface area contributed by atoms with Gasteiger partial charge in [-0.2, -0.15) is 0 Å². The van der Waals surface area contributed by atoms with E-state index in [0.29, 0.717) is 50.6 Å². The first-order valence-electron chi connectivity index (χ1n) is 12.2. The van der Waals surface area contributed by atoms with Crippen molar-refractivity contribution in [3.8, 4) is 11.5 Å². The second-order valence-corrected chi connectivity index (χ2v) is 8.28. The summed E-state index contributed by atoms with van der Waals surface area (Å²) < 4.78 is 4.83. The Morgan fingerprint density at radius 2 is 1.15 bits per heavy atom. The molecular formula is C25H37Cl2N5O7. The summed E-state index contributed by atoms with van der Waals surface area (Å²) in [5.41, 5.74) is 0.678. The van der Waals surface area contributed by atoms with Crippen LogP contribution in [0.2, 0.25) is 0 Å². The van der Waals surface area contributed by atoms with E-state index < -0.39 is 11.6 Å². The van der Waals surface area contributed by atoms with Crippen LogP contribution in [0.5, 0.6) is 11.5 Å². The van der Waals surface area contributed by atoms with E-state index in [1.54, 1.807) is 12.1 Å². The molecule has 12 nitrogen and oxygen atoms in total. The summed E-state index contributed by atoms with van der Waals surface area (Å²) in [5.74, 6) is -1.86. The van der Waals surface area contributed by atoms with Crippen molar-refractivity contribution in [3.63, 3.8) is 0 Å². The number of rotatable bonds is 12. The number of aliphatic hydroxyl groups is 2. The Morgan fingerprint density at radius 3 is 1.49 bits per heavy atom. The molecular weight excluding hydrogens is 553 g/mol. The Morgan fingerprint density at radius 1 is 0.692 bits per heavy atom. The number of nitrogens with one attached hydrogen (secondary N) is 5. The largest absolute Gasteiger partial charge is 0.507 e. The first-order chi connectivity index (χ1) is 18.0. The summed E-state index contributed by atoms with van der Waals surface area (Å²) in [5, 5.41) is 53.6. The van der Waals surface area contributed by atoms with E-state index in [-0.39, 0.29) is 71.8 Å². The van der Waals surface area contributed by atoms with Gasteiger partial charge in [0.15, 0.2) is 0 Å². The maximum atomic E-state index is 13.4. The van der Waals surface area contributed by atoms with Crippen LogP contribution in [0.15, 0.2) is 24.3 Å². The zero-order chi connectivity index (χ0) is 26.6. The van der Waals surface area contributed by atoms with Crippen LogP contribution in [0.1, 0.15) is 31.8 Å². The molecule has 1 saturated heterocycles. The van der Waals surface area contributed by atoms with E-state index in [1.807, 2.05) is 0 Å². The molecule has 0 atom stereocenters. The zero-order valence-electron chi connectivity index (χ0n) is 21.4. The van der Waals surface area contributed by atoms with Gasteiger partial charge in [-0.1, -0.05) is 0 Å². The van der Waals surface area contributed by atoms with Gasteiger partial charge in [0.1, 0.15) is 11.5 Å². The Kier molecular flexibility index (Phi) is 15.7. The molecule has 2 aliphatic rings. The van der Waals surface area contributed by atoms with Gasteiger partial charge in [0.25, 0.3) is 0 Å². The third-order valence-corrected chi connectivity index (χ3v) is 5.71. The topological polar surface area (TPSA) is 184 Å². The number of hydrogen-bond acceptors (Lipinski definition) is 12. The monoisotopic (exact) mass is 589 g/mol. The van der Waals surface area contributed by atoms with Gasteiger partial charge in [-0.3, -0.25) is 14.9 Å². The summed E-state index contributed by atoms with van der Waals surface area (Å²) >= 11 is 0. The lowest BCUT2D eigenvalue weighted by Crippen LogP contribution is -2.28. The molecule has 218 valence electrons. The number of hydrogen-bond donors (Lipinski definition) is 9. The quantitative estimate of drug-likeness (QED) is 0.104. The highest BCUT2D eigenvalue weighted by molar-refractivity contribution is 6.33. The van der Waals surface area contributed by atoms with E-state index in [2.05, 4.69) is 26.6 Å². The maximum Gasteiger partial charge on any atom is 0.200 e. The van der Waals surface area contributed by atoms with Crippen LogP contribution < -0.4 is 26.6 Å². The van der Waals surface area contributed by atoms with Gasteiger partial charge in [-0.05, 0) is 24.3 Å². The third-order valence-electron chi connectivity index (χ3n) is 5.71. The SMILES string of the molecule is C1COCN1.Cl.Cl.O=C1c2c(O)ccc(O)c2C(=O)c2c(NCCNCCO)ccc(NCCNCCO)c21. The van der Waals surface area contributed by atoms with Crippen molar-refractivity contribution in [1.29, 1.82) is 0 Å². The molecule has 0 bridgehead atoms. The molecule has 2 aromatic carbocycles. The molecule has 0 aromatic heterocycles. The Labute approximate surface area is 239 Å². The van der Waals surface area contributed by atoms with Crippen LogP contribution >= 0.6 is 24.8 Å². The van der Waals surface area contributed by atoms with Crippen molar-refractivity contribution < 1.29 is 34.8 Å². The number of carbonyl (C=O) groups is 2. The second kappa shape index (κ2) is 17.8. The molecule has 2 aromatic rings. The highest BCUT2D eigenvalue weighted by Gasteiger charge is 2.37. The van der Waals surface area contributed by atoms with Gasteiger partial charge in [0, 0.05) is 57.2 Å². The molecule has 14 heteroatoms. The number of benzene rings is 2. The van der Waals surface area contributed by atoms with Crippen LogP contribution in [-0.2, 0) is 4.74 Å². The van der Waals surface area contributed by atoms with Crippen LogP contribution in [0, 0.1) is 0 Å². The van der Waals surface area contributed by atoms with Crippen molar-refractivity contribution in [1.82, 2.24) is 16.0 Å². The Bertz CT molecular complexity index is 1000. The van der Waals surface area contributed by atoms with Gasteiger partial charge in [0.05, 0.1) is 48.8 Å². The highest BCUT2D eigenvalue weighted by atomic mass is 35.5. The van der Waals surface area contributed by atoms with Crippen molar-refractivity contribution in [2.75, 3.05) is 83.0 Å². The van der Waals surface area contributed by atoms with Crippen molar-refractivity contribution in [3.05, 3.63) is 46.5 Å². The maximum absolute atomic E-state index is 13.4. The number of aromatic hydroxyl groups is 2. The van der Waals surface area contributed by atoms with Gasteiger partial charge >= 0.3 is 0 Å². The first kappa shape index (κ1) is 34.3. The molecule has 1 aliphatic carbocycles. The lowest BCUT2D eigenvalue weighted by atomic mass is 9.81. The molecule has 4 rings (SSSR count). The zero-order valence-corrected chi connectivity index (χ0v) is 23.1. The fourth-order valence-corrected chi connectivity index (χ4v) is 4.00. The number of ether oxygens (including phenoxy) is 1. The van der Waals surface area contributed by atoms with Gasteiger partial charge in [0.2, 0.25) is 11.6 Å². The molecule has 0 spiro atoms. The number of phenols is 2. The van der Waals surface area contributed by atoms with E-state index in [0.717, 1.165) is 19.9 Å². The van der Waals surface area contributed by atoms with Gasteiger partial charge in [-0.15, -0.1) is 24.8 Å². The van der Waals surface area contributed by atoms with Crippen molar-refractivity contribution in [2.45, 2.75) is 0 Å². The number of carbonyl (C=O) groups excluding carboxylic acids is 2. The lowest BCUT2D eigenvalue weighted by Gasteiger charge is -2.25. The van der Waals surface area contributed by atoms with Crippen LogP contribution in [0.25, 0.3) is 0 Å². The lowest BCUT2D eigenvalue weighted by molar-refractivity contribution is 0.0975. The minimum absolute atomic E-state index is 0. The van der Waals surface area contributed by atoms with Gasteiger partial charge in [-0.25, -0.2) is 0 Å². The molecule has 0 unspecified atom stereocenters. The minimum Gasteiger partial charge on any atom is -0.507 e. The molecule has 1 aliphatic heterocycles. The number of halogens is 2. The molecule has 0 saturated carbocycles. The average Bonchev–Trinajstić information content (AvgIpc) is 3.49. The van der Waals surface area contributed by atoms with Crippen LogP contribution in [0.4, 0.5) is 11.4 Å². The normalized spacial score (nSPS) is 13.3. The Hall–Kier alpha value is -2.68. The number of phenolic OH excluding ortho intramolecular Hbond substituents is 2. The van der Waals surface area contributed by atoms with E-state index in [1.165, 1.54) is 12.1 Å². The minimum atomic E-state index is -0.559. The first-order valence-corrected chi connectivity index (χ1v) is 12.2. The number of fused-ring (bicyclic) bond motifs is 2. The smallest absolute Gasteiger partial charge is 0.200 e. The summed E-state index contributed by atoms with van der Waals surface area (Å²) in [7, 11) is 0.